The fraction of sp³-hybridized carbons (Fsp3) is 0.611. The van der Waals surface area contributed by atoms with Crippen LogP contribution in [-0.4, -0.2) is 42.1 Å². The van der Waals surface area contributed by atoms with Crippen molar-refractivity contribution in [3.63, 3.8) is 0 Å². The first kappa shape index (κ1) is 18.2. The van der Waals surface area contributed by atoms with Crippen LogP contribution in [0.15, 0.2) is 24.3 Å². The van der Waals surface area contributed by atoms with Crippen LogP contribution in [0, 0.1) is 5.92 Å². The predicted octanol–water partition coefficient (Wildman–Crippen LogP) is 3.00. The molecule has 1 aliphatic rings. The lowest BCUT2D eigenvalue weighted by Gasteiger charge is -2.33. The van der Waals surface area contributed by atoms with Crippen molar-refractivity contribution in [3.8, 4) is 0 Å². The van der Waals surface area contributed by atoms with Gasteiger partial charge < -0.3 is 10.4 Å². The maximum Gasteiger partial charge on any atom is 0.224 e. The molecule has 2 atom stereocenters. The van der Waals surface area contributed by atoms with Gasteiger partial charge in [-0.25, -0.2) is 0 Å². The van der Waals surface area contributed by atoms with Crippen LogP contribution in [0.5, 0.6) is 0 Å². The number of nitrogens with one attached hydrogen (secondary N) is 1. The molecule has 1 fully saturated rings. The van der Waals surface area contributed by atoms with Crippen LogP contribution in [0.3, 0.4) is 0 Å². The van der Waals surface area contributed by atoms with Crippen molar-refractivity contribution in [1.82, 2.24) is 10.2 Å². The molecule has 0 saturated carbocycles. The van der Waals surface area contributed by atoms with Gasteiger partial charge in [-0.05, 0) is 31.9 Å². The minimum Gasteiger partial charge on any atom is -0.387 e. The van der Waals surface area contributed by atoms with Gasteiger partial charge in [0, 0.05) is 30.2 Å². The first-order valence-corrected chi connectivity index (χ1v) is 8.92. The van der Waals surface area contributed by atoms with E-state index in [-0.39, 0.29) is 11.8 Å². The summed E-state index contributed by atoms with van der Waals surface area (Å²) in [5, 5.41) is 14.0. The van der Waals surface area contributed by atoms with Gasteiger partial charge in [-0.15, -0.1) is 0 Å². The van der Waals surface area contributed by atoms with Gasteiger partial charge in [0.15, 0.2) is 0 Å². The van der Waals surface area contributed by atoms with Gasteiger partial charge in [-0.2, -0.15) is 0 Å². The molecule has 2 unspecified atom stereocenters. The predicted molar refractivity (Wildman–Crippen MR) is 93.5 cm³/mol. The molecule has 4 nitrogen and oxygen atoms in total. The Morgan fingerprint density at radius 3 is 3.00 bits per heavy atom. The summed E-state index contributed by atoms with van der Waals surface area (Å²) in [6.07, 6.45) is 3.40. The minimum atomic E-state index is -0.620. The number of unbranched alkanes of at least 4 members (excludes halogenated alkanes) is 1. The van der Waals surface area contributed by atoms with Crippen LogP contribution in [-0.2, 0) is 4.79 Å². The zero-order valence-corrected chi connectivity index (χ0v) is 14.6. The maximum absolute atomic E-state index is 12.2. The highest BCUT2D eigenvalue weighted by molar-refractivity contribution is 6.31. The second kappa shape index (κ2) is 9.26. The van der Waals surface area contributed by atoms with E-state index < -0.39 is 6.10 Å². The number of carbonyl (C=O) groups is 1. The van der Waals surface area contributed by atoms with E-state index in [1.165, 1.54) is 0 Å². The summed E-state index contributed by atoms with van der Waals surface area (Å²) in [5.41, 5.74) is 0.753. The van der Waals surface area contributed by atoms with E-state index in [2.05, 4.69) is 17.1 Å². The summed E-state index contributed by atoms with van der Waals surface area (Å²) in [6.45, 7) is 5.01. The Labute approximate surface area is 143 Å². The van der Waals surface area contributed by atoms with E-state index in [1.807, 2.05) is 18.2 Å². The number of benzene rings is 1. The number of nitrogens with zero attached hydrogens (tertiary/aromatic N) is 1. The number of rotatable bonds is 7. The number of carbonyl (C=O) groups excluding carboxylic acids is 1. The van der Waals surface area contributed by atoms with Gasteiger partial charge in [-0.3, -0.25) is 9.69 Å². The lowest BCUT2D eigenvalue weighted by Crippen LogP contribution is -2.44. The molecular weight excluding hydrogens is 312 g/mol. The Morgan fingerprint density at radius 1 is 1.48 bits per heavy atom. The van der Waals surface area contributed by atoms with E-state index in [1.54, 1.807) is 6.07 Å². The van der Waals surface area contributed by atoms with E-state index in [0.717, 1.165) is 44.3 Å². The van der Waals surface area contributed by atoms with E-state index in [4.69, 9.17) is 11.6 Å². The number of hydrogen-bond acceptors (Lipinski definition) is 3. The Kier molecular flexibility index (Phi) is 7.34. The van der Waals surface area contributed by atoms with Crippen LogP contribution in [0.4, 0.5) is 0 Å². The molecule has 1 amide bonds. The monoisotopic (exact) mass is 338 g/mol. The molecular formula is C18H27ClN2O2. The van der Waals surface area contributed by atoms with Gasteiger partial charge in [-0.1, -0.05) is 43.1 Å². The average Bonchev–Trinajstić information content (AvgIpc) is 2.55. The van der Waals surface area contributed by atoms with Gasteiger partial charge in [0.05, 0.1) is 12.0 Å². The summed E-state index contributed by atoms with van der Waals surface area (Å²) in [7, 11) is 0. The highest BCUT2D eigenvalue weighted by Crippen LogP contribution is 2.25. The lowest BCUT2D eigenvalue weighted by atomic mass is 9.96. The first-order valence-electron chi connectivity index (χ1n) is 8.54. The smallest absolute Gasteiger partial charge is 0.224 e. The molecule has 2 N–H and O–H groups in total. The van der Waals surface area contributed by atoms with Crippen LogP contribution in [0.2, 0.25) is 5.02 Å². The van der Waals surface area contributed by atoms with Gasteiger partial charge in [0.25, 0.3) is 0 Å². The number of likely N-dealkylation sites (tertiary alicyclic amines) is 1. The number of β-amino-alcohol motifs (C(OH)–C–C–N with tert-alkyl or cyclic N) is 1. The van der Waals surface area contributed by atoms with Crippen molar-refractivity contribution >= 4 is 17.5 Å². The first-order chi connectivity index (χ1) is 11.1. The second-order valence-electron chi connectivity index (χ2n) is 6.28. The summed E-state index contributed by atoms with van der Waals surface area (Å²) in [4.78, 5) is 14.4. The lowest BCUT2D eigenvalue weighted by molar-refractivity contribution is -0.126. The van der Waals surface area contributed by atoms with Crippen molar-refractivity contribution in [2.45, 2.75) is 38.7 Å². The van der Waals surface area contributed by atoms with E-state index in [0.29, 0.717) is 18.1 Å². The van der Waals surface area contributed by atoms with Crippen LogP contribution in [0.1, 0.15) is 44.3 Å². The number of amides is 1. The summed E-state index contributed by atoms with van der Waals surface area (Å²) >= 11 is 6.14. The minimum absolute atomic E-state index is 0.0269. The quantitative estimate of drug-likeness (QED) is 0.751. The topological polar surface area (TPSA) is 52.6 Å². The van der Waals surface area contributed by atoms with Crippen molar-refractivity contribution < 1.29 is 9.90 Å². The third kappa shape index (κ3) is 5.48. The van der Waals surface area contributed by atoms with Gasteiger partial charge in [0.2, 0.25) is 5.91 Å². The molecule has 23 heavy (non-hydrogen) atoms. The molecule has 1 aromatic rings. The SMILES string of the molecule is CCCCNC(=O)C1CCCN(CC(O)c2ccccc2Cl)C1. The molecule has 2 rings (SSSR count). The fourth-order valence-electron chi connectivity index (χ4n) is 3.06. The fourth-order valence-corrected chi connectivity index (χ4v) is 3.32. The highest BCUT2D eigenvalue weighted by Gasteiger charge is 2.27. The Morgan fingerprint density at radius 2 is 2.26 bits per heavy atom. The third-order valence-corrected chi connectivity index (χ3v) is 4.75. The average molecular weight is 339 g/mol. The number of halogens is 1. The Balaban J connectivity index is 1.86. The molecule has 0 aliphatic carbocycles. The van der Waals surface area contributed by atoms with E-state index in [9.17, 15) is 9.90 Å². The van der Waals surface area contributed by atoms with Crippen molar-refractivity contribution in [1.29, 1.82) is 0 Å². The normalized spacial score (nSPS) is 20.2. The van der Waals surface area contributed by atoms with Gasteiger partial charge >= 0.3 is 0 Å². The molecule has 0 aromatic heterocycles. The third-order valence-electron chi connectivity index (χ3n) is 4.40. The van der Waals surface area contributed by atoms with Crippen molar-refractivity contribution in [3.05, 3.63) is 34.9 Å². The molecule has 1 aliphatic heterocycles. The molecule has 1 aromatic carbocycles. The van der Waals surface area contributed by atoms with Crippen LogP contribution in [0.25, 0.3) is 0 Å². The van der Waals surface area contributed by atoms with Crippen LogP contribution < -0.4 is 5.32 Å². The molecule has 0 bridgehead atoms. The highest BCUT2D eigenvalue weighted by atomic mass is 35.5. The molecule has 5 heteroatoms. The van der Waals surface area contributed by atoms with E-state index >= 15 is 0 Å². The molecule has 1 heterocycles. The molecule has 1 saturated heterocycles. The number of aliphatic hydroxyl groups is 1. The summed E-state index contributed by atoms with van der Waals surface area (Å²) < 4.78 is 0. The zero-order valence-electron chi connectivity index (χ0n) is 13.8. The van der Waals surface area contributed by atoms with Crippen molar-refractivity contribution in [2.75, 3.05) is 26.2 Å². The Bertz CT molecular complexity index is 510. The summed E-state index contributed by atoms with van der Waals surface area (Å²) in [5.74, 6) is 0.175. The molecule has 0 radical (unpaired) electrons. The molecule has 128 valence electrons. The van der Waals surface area contributed by atoms with Crippen LogP contribution >= 0.6 is 11.6 Å². The standard InChI is InChI=1S/C18H27ClN2O2/c1-2-3-10-20-18(23)14-7-6-11-21(12-14)13-17(22)15-8-4-5-9-16(15)19/h4-5,8-9,14,17,22H,2-3,6-7,10-13H2,1H3,(H,20,23). The maximum atomic E-state index is 12.2. The molecule has 0 spiro atoms. The Hall–Kier alpha value is -1.10. The van der Waals surface area contributed by atoms with Crippen molar-refractivity contribution in [2.24, 2.45) is 5.92 Å². The number of hydrogen-bond donors (Lipinski definition) is 2. The second-order valence-corrected chi connectivity index (χ2v) is 6.69. The summed E-state index contributed by atoms with van der Waals surface area (Å²) in [6, 6.07) is 7.38. The number of piperidine rings is 1. The number of aliphatic hydroxyl groups excluding tert-OH is 1. The zero-order chi connectivity index (χ0) is 16.7. The largest absolute Gasteiger partial charge is 0.387 e. The van der Waals surface area contributed by atoms with Gasteiger partial charge in [0.1, 0.15) is 0 Å².